The van der Waals surface area contributed by atoms with Gasteiger partial charge in [-0.3, -0.25) is 4.98 Å². The fourth-order valence-electron chi connectivity index (χ4n) is 1.57. The molecule has 0 aliphatic heterocycles. The maximum Gasteiger partial charge on any atom is 0.0636 e. The minimum absolute atomic E-state index is 0.228. The van der Waals surface area contributed by atoms with E-state index in [1.54, 1.807) is 19.4 Å². The second-order valence-corrected chi connectivity index (χ2v) is 4.74. The summed E-state index contributed by atoms with van der Waals surface area (Å²) in [5.41, 5.74) is 0.849. The minimum atomic E-state index is 0.228. The molecule has 1 N–H and O–H groups in total. The smallest absolute Gasteiger partial charge is 0.0636 e. The predicted molar refractivity (Wildman–Crippen MR) is 71.9 cm³/mol. The maximum atomic E-state index is 6.09. The molecule has 96 valence electrons. The maximum absolute atomic E-state index is 6.09. The Kier molecular flexibility index (Phi) is 6.82. The van der Waals surface area contributed by atoms with Crippen LogP contribution in [-0.4, -0.2) is 31.3 Å². The summed E-state index contributed by atoms with van der Waals surface area (Å²) in [5.74, 6) is 0. The molecular formula is C12H18Cl2N2O. The zero-order valence-corrected chi connectivity index (χ0v) is 11.7. The van der Waals surface area contributed by atoms with Gasteiger partial charge in [-0.25, -0.2) is 0 Å². The molecule has 5 heteroatoms. The number of pyridine rings is 1. The van der Waals surface area contributed by atoms with Gasteiger partial charge < -0.3 is 10.1 Å². The van der Waals surface area contributed by atoms with Gasteiger partial charge in [0, 0.05) is 25.8 Å². The van der Waals surface area contributed by atoms with E-state index in [1.165, 1.54) is 0 Å². The second kappa shape index (κ2) is 7.88. The summed E-state index contributed by atoms with van der Waals surface area (Å²) in [7, 11) is 1.69. The van der Waals surface area contributed by atoms with E-state index < -0.39 is 0 Å². The number of nitrogens with zero attached hydrogens (tertiary/aromatic N) is 1. The summed E-state index contributed by atoms with van der Waals surface area (Å²) in [5, 5.41) is 4.57. The number of methoxy groups -OCH3 is 1. The SMILES string of the molecule is CCCNC(COC)Cc1ncc(Cl)cc1Cl. The van der Waals surface area contributed by atoms with E-state index in [4.69, 9.17) is 27.9 Å². The number of hydrogen-bond acceptors (Lipinski definition) is 3. The number of rotatable bonds is 7. The van der Waals surface area contributed by atoms with Gasteiger partial charge in [-0.2, -0.15) is 0 Å². The number of hydrogen-bond donors (Lipinski definition) is 1. The first-order valence-corrected chi connectivity index (χ1v) is 6.45. The standard InChI is InChI=1S/C12H18Cl2N2O/c1-3-4-15-10(8-17-2)6-12-11(14)5-9(13)7-16-12/h5,7,10,15H,3-4,6,8H2,1-2H3. The molecule has 1 rings (SSSR count). The Morgan fingerprint density at radius 2 is 2.24 bits per heavy atom. The van der Waals surface area contributed by atoms with Crippen LogP contribution in [0.3, 0.4) is 0 Å². The van der Waals surface area contributed by atoms with Gasteiger partial charge in [0.15, 0.2) is 0 Å². The molecule has 1 aromatic rings. The van der Waals surface area contributed by atoms with E-state index in [-0.39, 0.29) is 6.04 Å². The lowest BCUT2D eigenvalue weighted by Gasteiger charge is -2.17. The zero-order valence-electron chi connectivity index (χ0n) is 10.2. The van der Waals surface area contributed by atoms with Crippen molar-refractivity contribution in [1.29, 1.82) is 0 Å². The van der Waals surface area contributed by atoms with E-state index in [2.05, 4.69) is 17.2 Å². The highest BCUT2D eigenvalue weighted by molar-refractivity contribution is 6.34. The molecule has 1 atom stereocenters. The first-order chi connectivity index (χ1) is 8.17. The van der Waals surface area contributed by atoms with Crippen LogP contribution in [0.5, 0.6) is 0 Å². The van der Waals surface area contributed by atoms with Gasteiger partial charge in [0.2, 0.25) is 0 Å². The molecule has 0 fully saturated rings. The molecule has 0 aliphatic rings. The third-order valence-electron chi connectivity index (χ3n) is 2.37. The highest BCUT2D eigenvalue weighted by atomic mass is 35.5. The average Bonchev–Trinajstić information content (AvgIpc) is 2.29. The number of nitrogens with one attached hydrogen (secondary N) is 1. The van der Waals surface area contributed by atoms with Crippen LogP contribution in [-0.2, 0) is 11.2 Å². The lowest BCUT2D eigenvalue weighted by Crippen LogP contribution is -2.36. The van der Waals surface area contributed by atoms with Crippen LogP contribution < -0.4 is 5.32 Å². The molecular weight excluding hydrogens is 259 g/mol. The van der Waals surface area contributed by atoms with E-state index in [9.17, 15) is 0 Å². The molecule has 1 aromatic heterocycles. The molecule has 0 aromatic carbocycles. The predicted octanol–water partition coefficient (Wildman–Crippen LogP) is 2.95. The van der Waals surface area contributed by atoms with E-state index in [1.807, 2.05) is 0 Å². The fraction of sp³-hybridized carbons (Fsp3) is 0.583. The van der Waals surface area contributed by atoms with Crippen LogP contribution >= 0.6 is 23.2 Å². The monoisotopic (exact) mass is 276 g/mol. The van der Waals surface area contributed by atoms with Crippen molar-refractivity contribution in [3.05, 3.63) is 28.0 Å². The third kappa shape index (κ3) is 5.21. The Bertz CT molecular complexity index is 347. The normalized spacial score (nSPS) is 12.7. The van der Waals surface area contributed by atoms with Crippen molar-refractivity contribution in [2.24, 2.45) is 0 Å². The second-order valence-electron chi connectivity index (χ2n) is 3.89. The van der Waals surface area contributed by atoms with Crippen molar-refractivity contribution in [3.63, 3.8) is 0 Å². The zero-order chi connectivity index (χ0) is 12.7. The van der Waals surface area contributed by atoms with E-state index in [0.717, 1.165) is 25.1 Å². The fourth-order valence-corrected chi connectivity index (χ4v) is 2.02. The van der Waals surface area contributed by atoms with Crippen molar-refractivity contribution < 1.29 is 4.74 Å². The summed E-state index contributed by atoms with van der Waals surface area (Å²) in [4.78, 5) is 4.25. The van der Waals surface area contributed by atoms with Crippen LogP contribution in [0.15, 0.2) is 12.3 Å². The molecule has 17 heavy (non-hydrogen) atoms. The third-order valence-corrected chi connectivity index (χ3v) is 2.91. The molecule has 0 spiro atoms. The summed E-state index contributed by atoms with van der Waals surface area (Å²) >= 11 is 11.9. The Morgan fingerprint density at radius 3 is 2.82 bits per heavy atom. The Labute approximate surface area is 112 Å². The van der Waals surface area contributed by atoms with Gasteiger partial charge in [-0.05, 0) is 19.0 Å². The average molecular weight is 277 g/mol. The highest BCUT2D eigenvalue weighted by Gasteiger charge is 2.12. The van der Waals surface area contributed by atoms with Crippen molar-refractivity contribution in [2.45, 2.75) is 25.8 Å². The molecule has 1 heterocycles. The summed E-state index contributed by atoms with van der Waals surface area (Å²) in [6.07, 6.45) is 3.44. The largest absolute Gasteiger partial charge is 0.383 e. The number of ether oxygens (including phenoxy) is 1. The molecule has 1 unspecified atom stereocenters. The van der Waals surface area contributed by atoms with Crippen LogP contribution in [0.4, 0.5) is 0 Å². The van der Waals surface area contributed by atoms with Crippen LogP contribution in [0.2, 0.25) is 10.0 Å². The molecule has 0 aliphatic carbocycles. The molecule has 0 saturated carbocycles. The van der Waals surface area contributed by atoms with E-state index in [0.29, 0.717) is 16.7 Å². The molecule has 0 amide bonds. The Morgan fingerprint density at radius 1 is 1.47 bits per heavy atom. The molecule has 3 nitrogen and oxygen atoms in total. The molecule has 0 radical (unpaired) electrons. The van der Waals surface area contributed by atoms with E-state index >= 15 is 0 Å². The first-order valence-electron chi connectivity index (χ1n) is 5.69. The van der Waals surface area contributed by atoms with Crippen LogP contribution in [0.25, 0.3) is 0 Å². The summed E-state index contributed by atoms with van der Waals surface area (Å²) in [6, 6.07) is 1.95. The molecule has 0 saturated heterocycles. The van der Waals surface area contributed by atoms with Gasteiger partial charge in [-0.15, -0.1) is 0 Å². The summed E-state index contributed by atoms with van der Waals surface area (Å²) < 4.78 is 5.18. The van der Waals surface area contributed by atoms with Crippen molar-refractivity contribution in [3.8, 4) is 0 Å². The van der Waals surface area contributed by atoms with Gasteiger partial charge in [0.25, 0.3) is 0 Å². The van der Waals surface area contributed by atoms with Crippen molar-refractivity contribution in [1.82, 2.24) is 10.3 Å². The first kappa shape index (κ1) is 14.7. The Hall–Kier alpha value is -0.350. The lowest BCUT2D eigenvalue weighted by molar-refractivity contribution is 0.165. The Balaban J connectivity index is 2.64. The van der Waals surface area contributed by atoms with Crippen molar-refractivity contribution >= 4 is 23.2 Å². The van der Waals surface area contributed by atoms with Gasteiger partial charge in [0.1, 0.15) is 0 Å². The summed E-state index contributed by atoms with van der Waals surface area (Å²) in [6.45, 7) is 3.73. The van der Waals surface area contributed by atoms with Crippen LogP contribution in [0.1, 0.15) is 19.0 Å². The molecule has 0 bridgehead atoms. The highest BCUT2D eigenvalue weighted by Crippen LogP contribution is 2.19. The number of aromatic nitrogens is 1. The lowest BCUT2D eigenvalue weighted by atomic mass is 10.1. The van der Waals surface area contributed by atoms with Crippen molar-refractivity contribution in [2.75, 3.05) is 20.3 Å². The quantitative estimate of drug-likeness (QED) is 0.832. The van der Waals surface area contributed by atoms with Gasteiger partial charge >= 0.3 is 0 Å². The minimum Gasteiger partial charge on any atom is -0.383 e. The topological polar surface area (TPSA) is 34.1 Å². The van der Waals surface area contributed by atoms with Crippen LogP contribution in [0, 0.1) is 0 Å². The van der Waals surface area contributed by atoms with Gasteiger partial charge in [0.05, 0.1) is 22.3 Å². The van der Waals surface area contributed by atoms with Gasteiger partial charge in [-0.1, -0.05) is 30.1 Å². The number of halogens is 2.